The number of piperidine rings is 1. The van der Waals surface area contributed by atoms with E-state index < -0.39 is 16.7 Å². The summed E-state index contributed by atoms with van der Waals surface area (Å²) in [5, 5.41) is 18.2. The Labute approximate surface area is 189 Å². The van der Waals surface area contributed by atoms with Crippen LogP contribution in [0.15, 0.2) is 54.6 Å². The van der Waals surface area contributed by atoms with Crippen molar-refractivity contribution in [2.45, 2.75) is 19.8 Å². The molecule has 1 fully saturated rings. The summed E-state index contributed by atoms with van der Waals surface area (Å²) in [5.41, 5.74) is 1.58. The predicted octanol–water partition coefficient (Wildman–Crippen LogP) is 3.72. The number of rotatable bonds is 5. The number of anilines is 1. The van der Waals surface area contributed by atoms with Gasteiger partial charge in [0.05, 0.1) is 22.2 Å². The van der Waals surface area contributed by atoms with Gasteiger partial charge in [0.25, 0.3) is 11.6 Å². The maximum atomic E-state index is 13.2. The summed E-state index contributed by atoms with van der Waals surface area (Å²) in [6, 6.07) is 12.9. The smallest absolute Gasteiger partial charge is 0.269 e. The maximum Gasteiger partial charge on any atom is 0.269 e. The Bertz CT molecular complexity index is 1190. The number of aromatic nitrogens is 2. The highest BCUT2D eigenvalue weighted by Crippen LogP contribution is 2.23. The molecular formula is C23H22FN5O4. The Morgan fingerprint density at radius 3 is 2.52 bits per heavy atom. The predicted molar refractivity (Wildman–Crippen MR) is 119 cm³/mol. The van der Waals surface area contributed by atoms with Crippen molar-refractivity contribution in [1.29, 1.82) is 0 Å². The molecule has 1 aromatic heterocycles. The van der Waals surface area contributed by atoms with Gasteiger partial charge in [-0.3, -0.25) is 19.7 Å². The van der Waals surface area contributed by atoms with Gasteiger partial charge in [0.2, 0.25) is 5.91 Å². The number of nitrogens with one attached hydrogen (secondary N) is 1. The lowest BCUT2D eigenvalue weighted by molar-refractivity contribution is -0.384. The monoisotopic (exact) mass is 451 g/mol. The Morgan fingerprint density at radius 1 is 1.15 bits per heavy atom. The van der Waals surface area contributed by atoms with Gasteiger partial charge < -0.3 is 10.2 Å². The first kappa shape index (κ1) is 22.1. The number of hydrogen-bond acceptors (Lipinski definition) is 5. The zero-order valence-electron chi connectivity index (χ0n) is 17.9. The van der Waals surface area contributed by atoms with Crippen LogP contribution >= 0.6 is 0 Å². The van der Waals surface area contributed by atoms with Crippen molar-refractivity contribution in [3.63, 3.8) is 0 Å². The molecule has 2 heterocycles. The van der Waals surface area contributed by atoms with E-state index in [4.69, 9.17) is 0 Å². The van der Waals surface area contributed by atoms with Gasteiger partial charge in [-0.2, -0.15) is 5.10 Å². The molecule has 33 heavy (non-hydrogen) atoms. The fourth-order valence-corrected chi connectivity index (χ4v) is 3.88. The molecule has 1 N–H and O–H groups in total. The van der Waals surface area contributed by atoms with Gasteiger partial charge in [0, 0.05) is 36.9 Å². The van der Waals surface area contributed by atoms with E-state index in [1.807, 2.05) is 0 Å². The van der Waals surface area contributed by atoms with Crippen LogP contribution in [0.4, 0.5) is 15.9 Å². The number of halogens is 1. The summed E-state index contributed by atoms with van der Waals surface area (Å²) in [4.78, 5) is 37.8. The molecular weight excluding hydrogens is 429 g/mol. The van der Waals surface area contributed by atoms with Crippen molar-refractivity contribution in [2.24, 2.45) is 5.92 Å². The molecule has 170 valence electrons. The van der Waals surface area contributed by atoms with Gasteiger partial charge in [-0.05, 0) is 56.2 Å². The van der Waals surface area contributed by atoms with E-state index in [0.29, 0.717) is 42.1 Å². The molecule has 0 radical (unpaired) electrons. The van der Waals surface area contributed by atoms with Gasteiger partial charge in [-0.25, -0.2) is 9.07 Å². The van der Waals surface area contributed by atoms with Gasteiger partial charge in [0.15, 0.2) is 0 Å². The number of carbonyl (C=O) groups is 2. The van der Waals surface area contributed by atoms with Crippen molar-refractivity contribution in [3.8, 4) is 5.69 Å². The van der Waals surface area contributed by atoms with E-state index >= 15 is 0 Å². The van der Waals surface area contributed by atoms with Crippen LogP contribution < -0.4 is 5.32 Å². The highest BCUT2D eigenvalue weighted by Gasteiger charge is 2.29. The molecule has 1 aliphatic heterocycles. The van der Waals surface area contributed by atoms with Gasteiger partial charge in [-0.15, -0.1) is 0 Å². The van der Waals surface area contributed by atoms with E-state index in [2.05, 4.69) is 10.4 Å². The third kappa shape index (κ3) is 4.89. The Kier molecular flexibility index (Phi) is 6.16. The summed E-state index contributed by atoms with van der Waals surface area (Å²) in [7, 11) is 0. The van der Waals surface area contributed by atoms with E-state index in [1.54, 1.807) is 30.0 Å². The second-order valence-electron chi connectivity index (χ2n) is 7.94. The molecule has 0 saturated carbocycles. The zero-order valence-corrected chi connectivity index (χ0v) is 17.9. The highest BCUT2D eigenvalue weighted by molar-refractivity contribution is 5.96. The second-order valence-corrected chi connectivity index (χ2v) is 7.94. The fraction of sp³-hybridized carbons (Fsp3) is 0.261. The van der Waals surface area contributed by atoms with Crippen molar-refractivity contribution in [1.82, 2.24) is 14.7 Å². The van der Waals surface area contributed by atoms with Crippen molar-refractivity contribution < 1.29 is 18.9 Å². The van der Waals surface area contributed by atoms with Crippen LogP contribution in [0.3, 0.4) is 0 Å². The van der Waals surface area contributed by atoms with Crippen LogP contribution in [0, 0.1) is 28.8 Å². The number of amides is 2. The molecule has 9 nitrogen and oxygen atoms in total. The zero-order chi connectivity index (χ0) is 23.5. The van der Waals surface area contributed by atoms with Gasteiger partial charge in [0.1, 0.15) is 11.6 Å². The number of non-ortho nitro benzene ring substituents is 1. The van der Waals surface area contributed by atoms with Crippen molar-refractivity contribution in [3.05, 3.63) is 81.8 Å². The molecule has 1 atom stereocenters. The Balaban J connectivity index is 1.47. The van der Waals surface area contributed by atoms with Gasteiger partial charge in [-0.1, -0.05) is 0 Å². The number of nitrogens with zero attached hydrogens (tertiary/aromatic N) is 4. The molecule has 0 aliphatic carbocycles. The summed E-state index contributed by atoms with van der Waals surface area (Å²) in [5.74, 6) is -0.867. The second kappa shape index (κ2) is 9.19. The van der Waals surface area contributed by atoms with Gasteiger partial charge >= 0.3 is 0 Å². The third-order valence-electron chi connectivity index (χ3n) is 5.56. The lowest BCUT2D eigenvalue weighted by Gasteiger charge is -2.32. The van der Waals surface area contributed by atoms with Crippen LogP contribution in [0.25, 0.3) is 5.69 Å². The van der Waals surface area contributed by atoms with E-state index in [-0.39, 0.29) is 24.0 Å². The number of benzene rings is 2. The fourth-order valence-electron chi connectivity index (χ4n) is 3.88. The normalized spacial score (nSPS) is 15.8. The summed E-state index contributed by atoms with van der Waals surface area (Å²) < 4.78 is 14.7. The topological polar surface area (TPSA) is 110 Å². The molecule has 0 spiro atoms. The first-order chi connectivity index (χ1) is 15.8. The number of hydrogen-bond donors (Lipinski definition) is 1. The summed E-state index contributed by atoms with van der Waals surface area (Å²) in [6.07, 6.45) is 1.30. The maximum absolute atomic E-state index is 13.2. The van der Waals surface area contributed by atoms with Crippen LogP contribution in [0.5, 0.6) is 0 Å². The minimum Gasteiger partial charge on any atom is -0.338 e. The average Bonchev–Trinajstić information content (AvgIpc) is 3.19. The van der Waals surface area contributed by atoms with Crippen molar-refractivity contribution in [2.75, 3.05) is 18.4 Å². The molecule has 1 unspecified atom stereocenters. The van der Waals surface area contributed by atoms with E-state index in [9.17, 15) is 24.1 Å². The lowest BCUT2D eigenvalue weighted by atomic mass is 9.96. The molecule has 0 bridgehead atoms. The largest absolute Gasteiger partial charge is 0.338 e. The number of nitro groups is 1. The van der Waals surface area contributed by atoms with E-state index in [1.165, 1.54) is 41.1 Å². The SMILES string of the molecule is Cc1cc(NC(=O)C2CCCN(C(=O)c3ccc(F)cc3)C2)n(-c2ccc([N+](=O)[O-])cc2)n1. The minimum atomic E-state index is -0.483. The van der Waals surface area contributed by atoms with Crippen LogP contribution in [-0.2, 0) is 4.79 Å². The molecule has 10 heteroatoms. The van der Waals surface area contributed by atoms with Crippen LogP contribution in [-0.4, -0.2) is 44.5 Å². The number of likely N-dealkylation sites (tertiary alicyclic amines) is 1. The minimum absolute atomic E-state index is 0.0404. The quantitative estimate of drug-likeness (QED) is 0.470. The number of nitro benzene ring substituents is 1. The lowest BCUT2D eigenvalue weighted by Crippen LogP contribution is -2.43. The molecule has 4 rings (SSSR count). The standard InChI is InChI=1S/C23H22FN5O4/c1-15-13-21(28(26-15)19-8-10-20(11-9-19)29(32)33)25-22(30)17-3-2-12-27(14-17)23(31)16-4-6-18(24)7-5-16/h4-11,13,17H,2-3,12,14H2,1H3,(H,25,30). The summed E-state index contributed by atoms with van der Waals surface area (Å²) in [6.45, 7) is 2.56. The molecule has 2 amide bonds. The first-order valence-electron chi connectivity index (χ1n) is 10.5. The Morgan fingerprint density at radius 2 is 1.85 bits per heavy atom. The number of carbonyl (C=O) groups excluding carboxylic acids is 2. The molecule has 2 aromatic carbocycles. The first-order valence-corrected chi connectivity index (χ1v) is 10.5. The summed E-state index contributed by atoms with van der Waals surface area (Å²) >= 11 is 0. The van der Waals surface area contributed by atoms with Crippen molar-refractivity contribution >= 4 is 23.3 Å². The molecule has 1 saturated heterocycles. The van der Waals surface area contributed by atoms with Crippen LogP contribution in [0.2, 0.25) is 0 Å². The van der Waals surface area contributed by atoms with E-state index in [0.717, 1.165) is 0 Å². The molecule has 3 aromatic rings. The molecule has 1 aliphatic rings. The third-order valence-corrected chi connectivity index (χ3v) is 5.56. The Hall–Kier alpha value is -4.08. The highest BCUT2D eigenvalue weighted by atomic mass is 19.1. The average molecular weight is 451 g/mol. The van der Waals surface area contributed by atoms with Crippen LogP contribution in [0.1, 0.15) is 28.9 Å². The number of aryl methyl sites for hydroxylation is 1.